The van der Waals surface area contributed by atoms with Crippen molar-refractivity contribution in [2.75, 3.05) is 11.8 Å². The number of hydrogen-bond acceptors (Lipinski definition) is 4. The number of carboxylic acids is 2. The number of carboxylic acid groups (broad SMARTS) is 2. The van der Waals surface area contributed by atoms with Crippen LogP contribution < -0.4 is 10.2 Å². The fourth-order valence-electron chi connectivity index (χ4n) is 0.126. The van der Waals surface area contributed by atoms with Crippen LogP contribution in [0.5, 0.6) is 0 Å². The molecule has 0 aromatic heterocycles. The molecule has 9 heteroatoms. The summed E-state index contributed by atoms with van der Waals surface area (Å²) in [5.74, 6) is -2.86. The van der Waals surface area contributed by atoms with Crippen LogP contribution in [0.3, 0.4) is 0 Å². The number of halogens is 4. The van der Waals surface area contributed by atoms with Crippen molar-refractivity contribution >= 4 is 58.3 Å². The Hall–Kier alpha value is 0.723. The summed E-state index contributed by atoms with van der Waals surface area (Å²) < 4.78 is 0. The average Bonchev–Trinajstić information content (AvgIpc) is 2.15. The van der Waals surface area contributed by atoms with Crippen molar-refractivity contribution in [1.82, 2.24) is 0 Å². The molecule has 0 radical (unpaired) electrons. The Morgan fingerprint density at radius 2 is 1.13 bits per heavy atom. The molecule has 0 aliphatic rings. The first-order valence-corrected chi connectivity index (χ1v) is 5.12. The van der Waals surface area contributed by atoms with E-state index in [1.54, 1.807) is 0 Å². The minimum Gasteiger partial charge on any atom is -0.548 e. The van der Waals surface area contributed by atoms with Crippen LogP contribution in [0.1, 0.15) is 0 Å². The molecule has 0 spiro atoms. The molecule has 84 valence electrons. The van der Waals surface area contributed by atoms with Gasteiger partial charge in [-0.3, -0.25) is 0 Å². The molecule has 0 aromatic rings. The predicted molar refractivity (Wildman–Crippen MR) is 50.7 cm³/mol. The summed E-state index contributed by atoms with van der Waals surface area (Å²) in [6.45, 7) is 0. The van der Waals surface area contributed by atoms with Crippen LogP contribution in [0.4, 0.5) is 0 Å². The van der Waals surface area contributed by atoms with Crippen molar-refractivity contribution in [3.8, 4) is 0 Å². The van der Waals surface area contributed by atoms with E-state index >= 15 is 0 Å². The molecule has 0 heterocycles. The number of carbonyl (C=O) groups excluding carboxylic acids is 2. The molecule has 0 aliphatic carbocycles. The summed E-state index contributed by atoms with van der Waals surface area (Å²) in [5.41, 5.74) is 0. The van der Waals surface area contributed by atoms with E-state index in [2.05, 4.69) is 0 Å². The molecule has 2 atom stereocenters. The smallest absolute Gasteiger partial charge is 0.548 e. The maximum atomic E-state index is 9.60. The van der Waals surface area contributed by atoms with Gasteiger partial charge in [-0.25, -0.2) is 0 Å². The first-order chi connectivity index (χ1) is 6.36. The van der Waals surface area contributed by atoms with Crippen LogP contribution in [0.25, 0.3) is 0 Å². The molecule has 2 unspecified atom stereocenters. The third kappa shape index (κ3) is 14.7. The summed E-state index contributed by atoms with van der Waals surface area (Å²) in [5, 5.41) is 17.1. The largest absolute Gasteiger partial charge is 2.00 e. The minimum atomic E-state index is -1.32. The van der Waals surface area contributed by atoms with Gasteiger partial charge in [0.05, 0.1) is 22.7 Å². The Balaban J connectivity index is -0.000000180. The van der Waals surface area contributed by atoms with E-state index in [1.165, 1.54) is 0 Å². The van der Waals surface area contributed by atoms with Crippen molar-refractivity contribution < 1.29 is 39.3 Å². The zero-order valence-corrected chi connectivity index (χ0v) is 13.4. The summed E-state index contributed by atoms with van der Waals surface area (Å²) >= 11 is 20.0. The molecule has 15 heavy (non-hydrogen) atoms. The van der Waals surface area contributed by atoms with Gasteiger partial charge >= 0.3 is 19.5 Å². The Morgan fingerprint density at radius 3 is 1.13 bits per heavy atom. The Morgan fingerprint density at radius 1 is 0.933 bits per heavy atom. The zero-order chi connectivity index (χ0) is 11.7. The van der Waals surface area contributed by atoms with Gasteiger partial charge in [-0.1, -0.05) is 0 Å². The molecular formula is C6H6Cl4O4Zn. The second-order valence-electron chi connectivity index (χ2n) is 1.88. The summed E-state index contributed by atoms with van der Waals surface area (Å²) in [6.07, 6.45) is 0. The molecular weight excluding hydrogens is 343 g/mol. The predicted octanol–water partition coefficient (Wildman–Crippen LogP) is -0.838. The van der Waals surface area contributed by atoms with Gasteiger partial charge in [0.25, 0.3) is 0 Å². The first-order valence-electron chi connectivity index (χ1n) is 3.18. The molecule has 0 aliphatic heterocycles. The molecule has 0 aromatic carbocycles. The molecule has 0 amide bonds. The fraction of sp³-hybridized carbons (Fsp3) is 0.667. The van der Waals surface area contributed by atoms with Gasteiger partial charge < -0.3 is 19.8 Å². The third-order valence-electron chi connectivity index (χ3n) is 0.782. The standard InChI is InChI=1S/2C3H4Cl2O2.Zn/c2*4-1-2(5)3(6)7;/h2*2H,1H2,(H,6,7);/q;;+2/p-2. The number of carbonyl (C=O) groups is 2. The maximum Gasteiger partial charge on any atom is 2.00 e. The van der Waals surface area contributed by atoms with Crippen LogP contribution in [-0.2, 0) is 29.1 Å². The van der Waals surface area contributed by atoms with Gasteiger partial charge in [-0.2, -0.15) is 0 Å². The average molecular weight is 349 g/mol. The summed E-state index contributed by atoms with van der Waals surface area (Å²) in [4.78, 5) is 19.2. The van der Waals surface area contributed by atoms with Gasteiger partial charge in [-0.05, 0) is 0 Å². The van der Waals surface area contributed by atoms with Gasteiger partial charge in [0, 0.05) is 11.8 Å². The van der Waals surface area contributed by atoms with E-state index in [-0.39, 0.29) is 31.2 Å². The SMILES string of the molecule is O=C([O-])C(Cl)CCl.O=C([O-])C(Cl)CCl.[Zn+2]. The van der Waals surface area contributed by atoms with Crippen LogP contribution in [0.15, 0.2) is 0 Å². The molecule has 4 nitrogen and oxygen atoms in total. The molecule has 0 bridgehead atoms. The second-order valence-corrected chi connectivity index (χ2v) is 3.55. The molecule has 0 saturated heterocycles. The maximum absolute atomic E-state index is 9.60. The van der Waals surface area contributed by atoms with Crippen molar-refractivity contribution in [3.05, 3.63) is 0 Å². The van der Waals surface area contributed by atoms with E-state index in [0.29, 0.717) is 0 Å². The Kier molecular flexibility index (Phi) is 18.0. The summed E-state index contributed by atoms with van der Waals surface area (Å²) in [6, 6.07) is 0. The van der Waals surface area contributed by atoms with Crippen LogP contribution in [0, 0.1) is 0 Å². The number of aliphatic carboxylic acids is 2. The van der Waals surface area contributed by atoms with Crippen molar-refractivity contribution in [1.29, 1.82) is 0 Å². The Labute approximate surface area is 120 Å². The molecule has 0 fully saturated rings. The minimum absolute atomic E-state index is 0. The number of rotatable bonds is 4. The van der Waals surface area contributed by atoms with Gasteiger partial charge in [-0.15, -0.1) is 46.4 Å². The van der Waals surface area contributed by atoms with E-state index < -0.39 is 22.7 Å². The topological polar surface area (TPSA) is 80.3 Å². The van der Waals surface area contributed by atoms with Crippen molar-refractivity contribution in [2.24, 2.45) is 0 Å². The normalized spacial score (nSPS) is 12.5. The Bertz CT molecular complexity index is 172. The zero-order valence-electron chi connectivity index (χ0n) is 7.42. The molecule has 0 rings (SSSR count). The van der Waals surface area contributed by atoms with Crippen LogP contribution in [0.2, 0.25) is 0 Å². The van der Waals surface area contributed by atoms with Gasteiger partial charge in [0.15, 0.2) is 0 Å². The first kappa shape index (κ1) is 21.1. The molecule has 0 N–H and O–H groups in total. The van der Waals surface area contributed by atoms with E-state index in [0.717, 1.165) is 0 Å². The van der Waals surface area contributed by atoms with E-state index in [4.69, 9.17) is 46.4 Å². The van der Waals surface area contributed by atoms with Crippen molar-refractivity contribution in [3.63, 3.8) is 0 Å². The van der Waals surface area contributed by atoms with Crippen molar-refractivity contribution in [2.45, 2.75) is 10.8 Å². The van der Waals surface area contributed by atoms with Crippen LogP contribution in [-0.4, -0.2) is 34.5 Å². The quantitative estimate of drug-likeness (QED) is 0.490. The van der Waals surface area contributed by atoms with Gasteiger partial charge in [0.2, 0.25) is 0 Å². The second kappa shape index (κ2) is 12.8. The number of alkyl halides is 4. The molecule has 0 saturated carbocycles. The van der Waals surface area contributed by atoms with E-state index in [1.807, 2.05) is 0 Å². The fourth-order valence-corrected chi connectivity index (χ4v) is 0.378. The van der Waals surface area contributed by atoms with E-state index in [9.17, 15) is 19.8 Å². The summed E-state index contributed by atoms with van der Waals surface area (Å²) in [7, 11) is 0. The van der Waals surface area contributed by atoms with Crippen LogP contribution >= 0.6 is 46.4 Å². The van der Waals surface area contributed by atoms with Gasteiger partial charge in [0.1, 0.15) is 0 Å². The number of hydrogen-bond donors (Lipinski definition) is 0. The monoisotopic (exact) mass is 346 g/mol. The third-order valence-corrected chi connectivity index (χ3v) is 2.38.